The minimum atomic E-state index is -4.46. The molecule has 2 amide bonds. The number of H-pyrrole nitrogens is 1. The molecule has 0 saturated heterocycles. The van der Waals surface area contributed by atoms with Gasteiger partial charge in [-0.2, -0.15) is 13.2 Å². The van der Waals surface area contributed by atoms with Crippen LogP contribution in [0, 0.1) is 0 Å². The van der Waals surface area contributed by atoms with E-state index >= 15 is 0 Å². The van der Waals surface area contributed by atoms with Crippen LogP contribution in [-0.2, 0) is 6.42 Å². The van der Waals surface area contributed by atoms with Crippen LogP contribution in [0.3, 0.4) is 0 Å². The van der Waals surface area contributed by atoms with Crippen LogP contribution in [0.5, 0.6) is 0 Å². The van der Waals surface area contributed by atoms with E-state index in [0.29, 0.717) is 23.4 Å². The number of amides is 2. The zero-order valence-corrected chi connectivity index (χ0v) is 15.6. The molecule has 1 aliphatic rings. The smallest absolute Gasteiger partial charge is 0.358 e. The summed E-state index contributed by atoms with van der Waals surface area (Å²) in [5.41, 5.74) is 4.62. The average molecular weight is 414 g/mol. The van der Waals surface area contributed by atoms with Gasteiger partial charge in [-0.25, -0.2) is 0 Å². The number of alkyl halides is 3. The van der Waals surface area contributed by atoms with Gasteiger partial charge in [-0.05, 0) is 30.3 Å². The third kappa shape index (κ3) is 4.19. The largest absolute Gasteiger partial charge is 0.405 e. The van der Waals surface area contributed by atoms with Crippen LogP contribution in [0.15, 0.2) is 48.7 Å². The second-order valence-corrected chi connectivity index (χ2v) is 6.89. The fraction of sp³-hybridized carbons (Fsp3) is 0.190. The number of benzene rings is 1. The van der Waals surface area contributed by atoms with Crippen molar-refractivity contribution >= 4 is 11.8 Å². The van der Waals surface area contributed by atoms with Gasteiger partial charge in [0.2, 0.25) is 0 Å². The number of carbonyl (C=O) groups is 2. The minimum Gasteiger partial charge on any atom is -0.358 e. The first-order valence-corrected chi connectivity index (χ1v) is 9.22. The Balaban J connectivity index is 1.54. The predicted molar refractivity (Wildman–Crippen MR) is 104 cm³/mol. The molecule has 0 unspecified atom stereocenters. The Morgan fingerprint density at radius 1 is 1.10 bits per heavy atom. The van der Waals surface area contributed by atoms with Gasteiger partial charge in [0.05, 0.1) is 11.3 Å². The lowest BCUT2D eigenvalue weighted by Crippen LogP contribution is -2.33. The third-order valence-electron chi connectivity index (χ3n) is 4.77. The number of fused-ring (bicyclic) bond motifs is 1. The van der Waals surface area contributed by atoms with Crippen LogP contribution in [0.1, 0.15) is 26.4 Å². The summed E-state index contributed by atoms with van der Waals surface area (Å²) in [6.45, 7) is -0.786. The van der Waals surface area contributed by atoms with Gasteiger partial charge in [0, 0.05) is 47.2 Å². The number of nitrogens with zero attached hydrogens (tertiary/aromatic N) is 1. The van der Waals surface area contributed by atoms with Crippen LogP contribution in [0.4, 0.5) is 13.2 Å². The number of hydrogen-bond acceptors (Lipinski definition) is 3. The Kier molecular flexibility index (Phi) is 5.03. The molecule has 0 spiro atoms. The number of carbonyl (C=O) groups excluding carboxylic acids is 2. The van der Waals surface area contributed by atoms with Crippen molar-refractivity contribution in [3.8, 4) is 22.5 Å². The lowest BCUT2D eigenvalue weighted by atomic mass is 10.0. The topological polar surface area (TPSA) is 86.9 Å². The maximum absolute atomic E-state index is 12.2. The van der Waals surface area contributed by atoms with Gasteiger partial charge >= 0.3 is 6.18 Å². The molecule has 3 N–H and O–H groups in total. The summed E-state index contributed by atoms with van der Waals surface area (Å²) in [6.07, 6.45) is -2.09. The molecule has 0 saturated carbocycles. The van der Waals surface area contributed by atoms with E-state index < -0.39 is 18.6 Å². The predicted octanol–water partition coefficient (Wildman–Crippen LogP) is 3.32. The van der Waals surface area contributed by atoms with Crippen molar-refractivity contribution in [1.82, 2.24) is 20.6 Å². The molecule has 0 bridgehead atoms. The number of pyridine rings is 1. The fourth-order valence-corrected chi connectivity index (χ4v) is 3.28. The number of rotatable bonds is 4. The van der Waals surface area contributed by atoms with Crippen molar-refractivity contribution in [2.75, 3.05) is 13.1 Å². The van der Waals surface area contributed by atoms with E-state index in [1.54, 1.807) is 24.4 Å². The van der Waals surface area contributed by atoms with Gasteiger partial charge < -0.3 is 15.6 Å². The maximum Gasteiger partial charge on any atom is 0.405 e. The number of nitrogens with one attached hydrogen (secondary N) is 3. The van der Waals surface area contributed by atoms with Gasteiger partial charge in [0.25, 0.3) is 11.8 Å². The molecule has 3 heterocycles. The van der Waals surface area contributed by atoms with E-state index in [-0.39, 0.29) is 11.5 Å². The summed E-state index contributed by atoms with van der Waals surface area (Å²) in [7, 11) is 0. The van der Waals surface area contributed by atoms with Crippen molar-refractivity contribution in [3.05, 3.63) is 65.5 Å². The fourth-order valence-electron chi connectivity index (χ4n) is 3.28. The summed E-state index contributed by atoms with van der Waals surface area (Å²) in [4.78, 5) is 31.4. The Bertz CT molecular complexity index is 1100. The normalized spacial score (nSPS) is 13.5. The molecule has 1 aromatic carbocycles. The molecule has 0 fully saturated rings. The Morgan fingerprint density at radius 2 is 1.87 bits per heavy atom. The molecule has 0 aliphatic carbocycles. The molecule has 3 aromatic rings. The molecule has 154 valence electrons. The van der Waals surface area contributed by atoms with Gasteiger partial charge in [-0.3, -0.25) is 14.6 Å². The van der Waals surface area contributed by atoms with Gasteiger partial charge in [0.1, 0.15) is 6.54 Å². The van der Waals surface area contributed by atoms with Crippen molar-refractivity contribution in [2.24, 2.45) is 0 Å². The number of aromatic amines is 1. The van der Waals surface area contributed by atoms with Crippen LogP contribution in [0.2, 0.25) is 0 Å². The quantitative estimate of drug-likeness (QED) is 0.612. The summed E-state index contributed by atoms with van der Waals surface area (Å²) in [5, 5.41) is 4.65. The van der Waals surface area contributed by atoms with E-state index in [1.807, 2.05) is 17.4 Å². The molecule has 0 atom stereocenters. The SMILES string of the molecule is O=C(NCC(F)(F)F)c1ccc(-c2cc(-c3cc4c([nH]3)CCNC4=O)ccn2)cc1. The third-order valence-corrected chi connectivity index (χ3v) is 4.77. The summed E-state index contributed by atoms with van der Waals surface area (Å²) in [5.74, 6) is -0.900. The van der Waals surface area contributed by atoms with Crippen molar-refractivity contribution < 1.29 is 22.8 Å². The first-order chi connectivity index (χ1) is 14.3. The highest BCUT2D eigenvalue weighted by molar-refractivity contribution is 5.98. The number of halogens is 3. The molecular weight excluding hydrogens is 397 g/mol. The Hall–Kier alpha value is -3.62. The zero-order chi connectivity index (χ0) is 21.3. The highest BCUT2D eigenvalue weighted by Gasteiger charge is 2.28. The highest BCUT2D eigenvalue weighted by atomic mass is 19.4. The van der Waals surface area contributed by atoms with Gasteiger partial charge in [-0.15, -0.1) is 0 Å². The molecule has 0 radical (unpaired) electrons. The van der Waals surface area contributed by atoms with Crippen molar-refractivity contribution in [1.29, 1.82) is 0 Å². The van der Waals surface area contributed by atoms with E-state index in [4.69, 9.17) is 0 Å². The summed E-state index contributed by atoms with van der Waals surface area (Å²) < 4.78 is 36.7. The summed E-state index contributed by atoms with van der Waals surface area (Å²) >= 11 is 0. The molecular formula is C21H17F3N4O2. The maximum atomic E-state index is 12.2. The molecule has 1 aliphatic heterocycles. The Labute approximate surface area is 169 Å². The monoisotopic (exact) mass is 414 g/mol. The first kappa shape index (κ1) is 19.7. The van der Waals surface area contributed by atoms with Crippen LogP contribution >= 0.6 is 0 Å². The van der Waals surface area contributed by atoms with Crippen molar-refractivity contribution in [2.45, 2.75) is 12.6 Å². The average Bonchev–Trinajstić information content (AvgIpc) is 3.18. The molecule has 6 nitrogen and oxygen atoms in total. The summed E-state index contributed by atoms with van der Waals surface area (Å²) in [6, 6.07) is 11.6. The van der Waals surface area contributed by atoms with Gasteiger partial charge in [0.15, 0.2) is 0 Å². The number of hydrogen-bond donors (Lipinski definition) is 3. The van der Waals surface area contributed by atoms with Crippen LogP contribution in [-0.4, -0.2) is 41.0 Å². The highest BCUT2D eigenvalue weighted by Crippen LogP contribution is 2.27. The first-order valence-electron chi connectivity index (χ1n) is 9.22. The lowest BCUT2D eigenvalue weighted by molar-refractivity contribution is -0.123. The van der Waals surface area contributed by atoms with Crippen LogP contribution in [0.25, 0.3) is 22.5 Å². The molecule has 30 heavy (non-hydrogen) atoms. The van der Waals surface area contributed by atoms with E-state index in [1.165, 1.54) is 12.1 Å². The molecule has 4 rings (SSSR count). The van der Waals surface area contributed by atoms with Crippen molar-refractivity contribution in [3.63, 3.8) is 0 Å². The van der Waals surface area contributed by atoms with E-state index in [9.17, 15) is 22.8 Å². The van der Waals surface area contributed by atoms with Crippen LogP contribution < -0.4 is 10.6 Å². The second-order valence-electron chi connectivity index (χ2n) is 6.89. The Morgan fingerprint density at radius 3 is 2.57 bits per heavy atom. The minimum absolute atomic E-state index is 0.104. The molecule has 9 heteroatoms. The zero-order valence-electron chi connectivity index (χ0n) is 15.6. The van der Waals surface area contributed by atoms with Gasteiger partial charge in [-0.1, -0.05) is 12.1 Å². The molecule has 2 aromatic heterocycles. The van der Waals surface area contributed by atoms with E-state index in [2.05, 4.69) is 15.3 Å². The lowest BCUT2D eigenvalue weighted by Gasteiger charge is -2.11. The standard InChI is InChI=1S/C21H17F3N4O2/c22-21(23,24)11-27-19(29)13-3-1-12(2-4-13)17-9-14(5-7-25-17)18-10-15-16(28-18)6-8-26-20(15)30/h1-5,7,9-10,28H,6,8,11H2,(H,26,30)(H,27,29). The second kappa shape index (κ2) is 7.66. The van der Waals surface area contributed by atoms with E-state index in [0.717, 1.165) is 23.4 Å². The number of aromatic nitrogens is 2.